The molecule has 7 heteroatoms. The molecule has 1 saturated heterocycles. The molecule has 1 aliphatic rings. The number of rotatable bonds is 4. The normalized spacial score (nSPS) is 18.1. The zero-order chi connectivity index (χ0) is 15.6. The fourth-order valence-electron chi connectivity index (χ4n) is 2.40. The fourth-order valence-corrected chi connectivity index (χ4v) is 3.46. The van der Waals surface area contributed by atoms with Crippen molar-refractivity contribution < 1.29 is 13.2 Å². The van der Waals surface area contributed by atoms with Crippen LogP contribution < -0.4 is 5.32 Å². The first kappa shape index (κ1) is 18.9. The summed E-state index contributed by atoms with van der Waals surface area (Å²) in [5, 5.41) is 2.76. The molecule has 0 bridgehead atoms. The Morgan fingerprint density at radius 3 is 2.32 bits per heavy atom. The molecule has 1 unspecified atom stereocenters. The second-order valence-corrected chi connectivity index (χ2v) is 8.19. The Kier molecular flexibility index (Phi) is 6.40. The van der Waals surface area contributed by atoms with E-state index < -0.39 is 15.1 Å². The summed E-state index contributed by atoms with van der Waals surface area (Å²) in [6.45, 7) is 5.03. The molecular weight excluding hydrogens is 324 g/mol. The number of sulfone groups is 1. The van der Waals surface area contributed by atoms with E-state index >= 15 is 0 Å². The van der Waals surface area contributed by atoms with Crippen LogP contribution in [-0.4, -0.2) is 50.7 Å². The van der Waals surface area contributed by atoms with E-state index in [-0.39, 0.29) is 29.3 Å². The third kappa shape index (κ3) is 3.80. The van der Waals surface area contributed by atoms with E-state index in [1.807, 2.05) is 0 Å². The molecule has 1 N–H and O–H groups in total. The van der Waals surface area contributed by atoms with E-state index in [0.29, 0.717) is 5.56 Å². The SMILES string of the molecule is CC(C)S(=O)(=O)c1ccc(C(=O)N(C)C2CCNC2)cc1.Cl. The minimum absolute atomic E-state index is 0. The quantitative estimate of drug-likeness (QED) is 0.901. The summed E-state index contributed by atoms with van der Waals surface area (Å²) in [5.41, 5.74) is 0.520. The molecule has 1 amide bonds. The molecule has 0 aliphatic carbocycles. The maximum Gasteiger partial charge on any atom is 0.253 e. The van der Waals surface area contributed by atoms with Crippen molar-refractivity contribution in [1.29, 1.82) is 0 Å². The van der Waals surface area contributed by atoms with Crippen LogP contribution >= 0.6 is 12.4 Å². The molecule has 0 saturated carbocycles. The first-order valence-electron chi connectivity index (χ1n) is 7.16. The average molecular weight is 347 g/mol. The Morgan fingerprint density at radius 1 is 1.27 bits per heavy atom. The van der Waals surface area contributed by atoms with Crippen molar-refractivity contribution in [2.24, 2.45) is 0 Å². The average Bonchev–Trinajstić information content (AvgIpc) is 3.00. The lowest BCUT2D eigenvalue weighted by molar-refractivity contribution is 0.0743. The number of likely N-dealkylation sites (N-methyl/N-ethyl adjacent to an activating group) is 1. The Hall–Kier alpha value is -1.11. The number of nitrogens with one attached hydrogen (secondary N) is 1. The van der Waals surface area contributed by atoms with Crippen molar-refractivity contribution in [1.82, 2.24) is 10.2 Å². The highest BCUT2D eigenvalue weighted by Crippen LogP contribution is 2.18. The van der Waals surface area contributed by atoms with Gasteiger partial charge in [-0.3, -0.25) is 4.79 Å². The van der Waals surface area contributed by atoms with Gasteiger partial charge in [-0.2, -0.15) is 0 Å². The largest absolute Gasteiger partial charge is 0.337 e. The number of hydrogen-bond acceptors (Lipinski definition) is 4. The molecular formula is C15H23ClN2O3S. The van der Waals surface area contributed by atoms with Crippen molar-refractivity contribution in [3.05, 3.63) is 29.8 Å². The summed E-state index contributed by atoms with van der Waals surface area (Å²) in [7, 11) is -1.50. The van der Waals surface area contributed by atoms with Crippen LogP contribution in [0.4, 0.5) is 0 Å². The lowest BCUT2D eigenvalue weighted by atomic mass is 10.1. The fraction of sp³-hybridized carbons (Fsp3) is 0.533. The lowest BCUT2D eigenvalue weighted by Crippen LogP contribution is -2.38. The van der Waals surface area contributed by atoms with Crippen LogP contribution in [-0.2, 0) is 9.84 Å². The van der Waals surface area contributed by atoms with Crippen molar-refractivity contribution >= 4 is 28.2 Å². The number of amides is 1. The smallest absolute Gasteiger partial charge is 0.253 e. The summed E-state index contributed by atoms with van der Waals surface area (Å²) in [4.78, 5) is 14.4. The van der Waals surface area contributed by atoms with E-state index in [4.69, 9.17) is 0 Å². The molecule has 1 fully saturated rings. The molecule has 0 spiro atoms. The van der Waals surface area contributed by atoms with Gasteiger partial charge in [0.1, 0.15) is 0 Å². The molecule has 124 valence electrons. The standard InChI is InChI=1S/C15H22N2O3S.ClH/c1-11(2)21(19,20)14-6-4-12(5-7-14)15(18)17(3)13-8-9-16-10-13;/h4-7,11,13,16H,8-10H2,1-3H3;1H. The summed E-state index contributed by atoms with van der Waals surface area (Å²) in [6.07, 6.45) is 0.946. The molecule has 1 atom stereocenters. The van der Waals surface area contributed by atoms with Crippen LogP contribution in [0.2, 0.25) is 0 Å². The van der Waals surface area contributed by atoms with Gasteiger partial charge < -0.3 is 10.2 Å². The maximum absolute atomic E-state index is 12.4. The van der Waals surface area contributed by atoms with Crippen LogP contribution in [0.1, 0.15) is 30.6 Å². The minimum atomic E-state index is -3.29. The molecule has 1 heterocycles. The van der Waals surface area contributed by atoms with Crippen molar-refractivity contribution in [2.75, 3.05) is 20.1 Å². The van der Waals surface area contributed by atoms with Gasteiger partial charge in [0.05, 0.1) is 10.1 Å². The molecule has 0 radical (unpaired) electrons. The van der Waals surface area contributed by atoms with E-state index in [1.54, 1.807) is 37.9 Å². The minimum Gasteiger partial charge on any atom is -0.337 e. The first-order valence-corrected chi connectivity index (χ1v) is 8.70. The maximum atomic E-state index is 12.4. The van der Waals surface area contributed by atoms with Gasteiger partial charge >= 0.3 is 0 Å². The first-order chi connectivity index (χ1) is 9.84. The van der Waals surface area contributed by atoms with E-state index in [2.05, 4.69) is 5.32 Å². The van der Waals surface area contributed by atoms with Gasteiger partial charge in [0.25, 0.3) is 5.91 Å². The molecule has 0 aromatic heterocycles. The third-order valence-electron chi connectivity index (χ3n) is 3.95. The molecule has 1 aromatic carbocycles. The highest BCUT2D eigenvalue weighted by atomic mass is 35.5. The van der Waals surface area contributed by atoms with Gasteiger partial charge in [0.15, 0.2) is 9.84 Å². The van der Waals surface area contributed by atoms with Crippen LogP contribution in [0.5, 0.6) is 0 Å². The van der Waals surface area contributed by atoms with Crippen LogP contribution in [0.3, 0.4) is 0 Å². The number of benzene rings is 1. The predicted octanol–water partition coefficient (Wildman–Crippen LogP) is 1.72. The number of halogens is 1. The van der Waals surface area contributed by atoms with Crippen LogP contribution in [0.15, 0.2) is 29.2 Å². The second-order valence-electron chi connectivity index (χ2n) is 5.68. The van der Waals surface area contributed by atoms with Gasteiger partial charge in [-0.25, -0.2) is 8.42 Å². The summed E-state index contributed by atoms with van der Waals surface area (Å²) < 4.78 is 24.1. The highest BCUT2D eigenvalue weighted by molar-refractivity contribution is 7.92. The number of carbonyl (C=O) groups is 1. The van der Waals surface area contributed by atoms with Crippen molar-refractivity contribution in [3.63, 3.8) is 0 Å². The van der Waals surface area contributed by atoms with Gasteiger partial charge in [0, 0.05) is 25.2 Å². The zero-order valence-corrected chi connectivity index (χ0v) is 14.7. The lowest BCUT2D eigenvalue weighted by Gasteiger charge is -2.23. The summed E-state index contributed by atoms with van der Waals surface area (Å²) >= 11 is 0. The molecule has 5 nitrogen and oxygen atoms in total. The monoisotopic (exact) mass is 346 g/mol. The van der Waals surface area contributed by atoms with E-state index in [1.165, 1.54) is 12.1 Å². The second kappa shape index (κ2) is 7.44. The molecule has 1 aromatic rings. The van der Waals surface area contributed by atoms with Gasteiger partial charge in [-0.1, -0.05) is 0 Å². The van der Waals surface area contributed by atoms with Gasteiger partial charge in [-0.05, 0) is 51.1 Å². The topological polar surface area (TPSA) is 66.5 Å². The molecule has 1 aliphatic heterocycles. The highest BCUT2D eigenvalue weighted by Gasteiger charge is 2.25. The van der Waals surface area contributed by atoms with Crippen molar-refractivity contribution in [3.8, 4) is 0 Å². The predicted molar refractivity (Wildman–Crippen MR) is 89.4 cm³/mol. The van der Waals surface area contributed by atoms with Crippen LogP contribution in [0.25, 0.3) is 0 Å². The van der Waals surface area contributed by atoms with E-state index in [0.717, 1.165) is 19.5 Å². The Labute approximate surface area is 138 Å². The summed E-state index contributed by atoms with van der Waals surface area (Å²) in [6, 6.07) is 6.43. The van der Waals surface area contributed by atoms with Crippen molar-refractivity contribution in [2.45, 2.75) is 36.5 Å². The van der Waals surface area contributed by atoms with Gasteiger partial charge in [0.2, 0.25) is 0 Å². The zero-order valence-electron chi connectivity index (χ0n) is 13.1. The van der Waals surface area contributed by atoms with Gasteiger partial charge in [-0.15, -0.1) is 12.4 Å². The molecule has 22 heavy (non-hydrogen) atoms. The van der Waals surface area contributed by atoms with Crippen LogP contribution in [0, 0.1) is 0 Å². The number of nitrogens with zero attached hydrogens (tertiary/aromatic N) is 1. The number of hydrogen-bond donors (Lipinski definition) is 1. The molecule has 2 rings (SSSR count). The Morgan fingerprint density at radius 2 is 1.86 bits per heavy atom. The Bertz CT molecular complexity index is 608. The Balaban J connectivity index is 0.00000242. The van der Waals surface area contributed by atoms with E-state index in [9.17, 15) is 13.2 Å². The number of carbonyl (C=O) groups excluding carboxylic acids is 1. The summed E-state index contributed by atoms with van der Waals surface area (Å²) in [5.74, 6) is -0.0720. The third-order valence-corrected chi connectivity index (χ3v) is 6.12.